The molecular weight excluding hydrogens is 197 g/mol. The monoisotopic (exact) mass is 211 g/mol. The molecule has 0 radical (unpaired) electrons. The van der Waals surface area contributed by atoms with E-state index in [0.717, 1.165) is 19.5 Å². The number of nitrogens with one attached hydrogen (secondary N) is 1. The van der Waals surface area contributed by atoms with Crippen LogP contribution < -0.4 is 5.32 Å². The molecule has 0 aliphatic rings. The normalized spacial score (nSPS) is 13.9. The van der Waals surface area contributed by atoms with Crippen LogP contribution in [0.25, 0.3) is 0 Å². The molecule has 0 aromatic heterocycles. The maximum absolute atomic E-state index is 5.88. The van der Waals surface area contributed by atoms with E-state index in [9.17, 15) is 0 Å². The minimum Gasteiger partial charge on any atom is -0.383 e. The van der Waals surface area contributed by atoms with E-state index >= 15 is 0 Å². The molecule has 72 valence electrons. The van der Waals surface area contributed by atoms with Crippen molar-refractivity contribution in [1.82, 2.24) is 5.32 Å². The molecular formula is C8H15Cl2NO. The van der Waals surface area contributed by atoms with Gasteiger partial charge in [-0.05, 0) is 13.0 Å². The summed E-state index contributed by atoms with van der Waals surface area (Å²) < 4.78 is 4.89. The number of hydrogen-bond acceptors (Lipinski definition) is 2. The summed E-state index contributed by atoms with van der Waals surface area (Å²) in [6, 6.07) is 0. The third-order valence-electron chi connectivity index (χ3n) is 1.33. The van der Waals surface area contributed by atoms with Crippen LogP contribution in [0.3, 0.4) is 0 Å². The minimum absolute atomic E-state index is 0.0995. The van der Waals surface area contributed by atoms with E-state index in [1.54, 1.807) is 7.11 Å². The van der Waals surface area contributed by atoms with Gasteiger partial charge in [0.2, 0.25) is 0 Å². The van der Waals surface area contributed by atoms with Crippen molar-refractivity contribution in [2.45, 2.75) is 11.8 Å². The summed E-state index contributed by atoms with van der Waals surface area (Å²) in [5, 5.41) is 3.26. The molecule has 0 saturated heterocycles. The third kappa shape index (κ3) is 8.34. The molecule has 4 heteroatoms. The molecule has 0 spiro atoms. The number of halogens is 2. The molecule has 0 bridgehead atoms. The zero-order valence-corrected chi connectivity index (χ0v) is 8.74. The van der Waals surface area contributed by atoms with Gasteiger partial charge in [0.15, 0.2) is 0 Å². The lowest BCUT2D eigenvalue weighted by Crippen LogP contribution is -2.20. The summed E-state index contributed by atoms with van der Waals surface area (Å²) in [6.07, 6.45) is 2.76. The van der Waals surface area contributed by atoms with Crippen molar-refractivity contribution < 1.29 is 4.74 Å². The Hall–Kier alpha value is 0.240. The van der Waals surface area contributed by atoms with Gasteiger partial charge >= 0.3 is 0 Å². The fraction of sp³-hybridized carbons (Fsp3) is 0.750. The summed E-state index contributed by atoms with van der Waals surface area (Å²) >= 11 is 11.2. The maximum Gasteiger partial charge on any atom is 0.0626 e. The van der Waals surface area contributed by atoms with Crippen LogP contribution in [0.1, 0.15) is 6.42 Å². The standard InChI is InChI=1S/C8H15Cl2NO/c1-12-7-8(10)3-6-11-5-2-4-9/h2,4,8,11H,3,5-7H2,1H3/b4-2+. The number of hydrogen-bond donors (Lipinski definition) is 1. The average Bonchev–Trinajstić information content (AvgIpc) is 2.05. The van der Waals surface area contributed by atoms with Crippen LogP contribution in [0.4, 0.5) is 0 Å². The molecule has 0 amide bonds. The Kier molecular flexibility index (Phi) is 9.52. The summed E-state index contributed by atoms with van der Waals surface area (Å²) in [5.74, 6) is 0. The zero-order valence-electron chi connectivity index (χ0n) is 7.22. The van der Waals surface area contributed by atoms with Crippen LogP contribution in [0.2, 0.25) is 0 Å². The number of ether oxygens (including phenoxy) is 1. The molecule has 1 N–H and O–H groups in total. The van der Waals surface area contributed by atoms with Crippen LogP contribution in [-0.2, 0) is 4.74 Å². The lowest BCUT2D eigenvalue weighted by Gasteiger charge is -2.07. The van der Waals surface area contributed by atoms with Gasteiger partial charge in [0.1, 0.15) is 0 Å². The van der Waals surface area contributed by atoms with Crippen molar-refractivity contribution in [2.75, 3.05) is 26.8 Å². The van der Waals surface area contributed by atoms with E-state index in [4.69, 9.17) is 27.9 Å². The van der Waals surface area contributed by atoms with Crippen LogP contribution in [0.5, 0.6) is 0 Å². The first kappa shape index (κ1) is 12.2. The second-order valence-corrected chi connectivity index (χ2v) is 3.28. The van der Waals surface area contributed by atoms with Crippen LogP contribution >= 0.6 is 23.2 Å². The van der Waals surface area contributed by atoms with E-state index in [2.05, 4.69) is 5.32 Å². The lowest BCUT2D eigenvalue weighted by molar-refractivity contribution is 0.195. The Labute approximate surface area is 83.9 Å². The smallest absolute Gasteiger partial charge is 0.0626 e. The number of rotatable bonds is 7. The second-order valence-electron chi connectivity index (χ2n) is 2.41. The predicted octanol–water partition coefficient (Wildman–Crippen LogP) is 1.97. The molecule has 0 aliphatic heterocycles. The topological polar surface area (TPSA) is 21.3 Å². The van der Waals surface area contributed by atoms with Gasteiger partial charge in [0, 0.05) is 19.2 Å². The molecule has 0 fully saturated rings. The Bertz CT molecular complexity index is 120. The Balaban J connectivity index is 3.08. The van der Waals surface area contributed by atoms with E-state index in [1.807, 2.05) is 6.08 Å². The number of methoxy groups -OCH3 is 1. The van der Waals surface area contributed by atoms with E-state index in [-0.39, 0.29) is 5.38 Å². The van der Waals surface area contributed by atoms with Gasteiger partial charge in [-0.3, -0.25) is 0 Å². The highest BCUT2D eigenvalue weighted by atomic mass is 35.5. The van der Waals surface area contributed by atoms with Gasteiger partial charge in [0.25, 0.3) is 0 Å². The van der Waals surface area contributed by atoms with Crippen molar-refractivity contribution >= 4 is 23.2 Å². The van der Waals surface area contributed by atoms with Crippen molar-refractivity contribution in [3.63, 3.8) is 0 Å². The highest BCUT2D eigenvalue weighted by Crippen LogP contribution is 2.00. The third-order valence-corrected chi connectivity index (χ3v) is 1.86. The fourth-order valence-electron chi connectivity index (χ4n) is 0.753. The molecule has 1 unspecified atom stereocenters. The maximum atomic E-state index is 5.88. The summed E-state index contributed by atoms with van der Waals surface area (Å²) in [6.45, 7) is 2.29. The lowest BCUT2D eigenvalue weighted by atomic mass is 10.3. The van der Waals surface area contributed by atoms with Crippen molar-refractivity contribution in [1.29, 1.82) is 0 Å². The Morgan fingerprint density at radius 1 is 1.58 bits per heavy atom. The molecule has 0 rings (SSSR count). The van der Waals surface area contributed by atoms with Gasteiger partial charge in [-0.25, -0.2) is 0 Å². The quantitative estimate of drug-likeness (QED) is 0.514. The first-order valence-electron chi connectivity index (χ1n) is 3.90. The molecule has 12 heavy (non-hydrogen) atoms. The van der Waals surface area contributed by atoms with E-state index in [0.29, 0.717) is 6.61 Å². The van der Waals surface area contributed by atoms with E-state index in [1.165, 1.54) is 5.54 Å². The molecule has 0 aromatic carbocycles. The van der Waals surface area contributed by atoms with Crippen molar-refractivity contribution in [2.24, 2.45) is 0 Å². The SMILES string of the molecule is COCC(Cl)CCNC/C=C/Cl. The van der Waals surface area contributed by atoms with Gasteiger partial charge < -0.3 is 10.1 Å². The highest BCUT2D eigenvalue weighted by Gasteiger charge is 2.01. The molecule has 0 aromatic rings. The highest BCUT2D eigenvalue weighted by molar-refractivity contribution is 6.25. The minimum atomic E-state index is 0.0995. The van der Waals surface area contributed by atoms with E-state index < -0.39 is 0 Å². The molecule has 2 nitrogen and oxygen atoms in total. The molecule has 0 aliphatic carbocycles. The van der Waals surface area contributed by atoms with Gasteiger partial charge in [-0.1, -0.05) is 17.7 Å². The van der Waals surface area contributed by atoms with Crippen LogP contribution in [-0.4, -0.2) is 32.2 Å². The molecule has 1 atom stereocenters. The molecule has 0 saturated carbocycles. The largest absolute Gasteiger partial charge is 0.383 e. The summed E-state index contributed by atoms with van der Waals surface area (Å²) in [5.41, 5.74) is 1.50. The van der Waals surface area contributed by atoms with Gasteiger partial charge in [-0.15, -0.1) is 11.6 Å². The van der Waals surface area contributed by atoms with Gasteiger partial charge in [0.05, 0.1) is 12.0 Å². The average molecular weight is 212 g/mol. The Morgan fingerprint density at radius 3 is 2.92 bits per heavy atom. The van der Waals surface area contributed by atoms with Gasteiger partial charge in [-0.2, -0.15) is 0 Å². The fourth-order valence-corrected chi connectivity index (χ4v) is 1.08. The van der Waals surface area contributed by atoms with Crippen LogP contribution in [0, 0.1) is 0 Å². The van der Waals surface area contributed by atoms with Crippen LogP contribution in [0.15, 0.2) is 11.6 Å². The predicted molar refractivity (Wildman–Crippen MR) is 54.0 cm³/mol. The second kappa shape index (κ2) is 9.33. The molecule has 0 heterocycles. The number of alkyl halides is 1. The zero-order chi connectivity index (χ0) is 9.23. The Morgan fingerprint density at radius 2 is 2.33 bits per heavy atom. The first-order valence-corrected chi connectivity index (χ1v) is 4.77. The first-order chi connectivity index (χ1) is 5.81. The summed E-state index contributed by atoms with van der Waals surface area (Å²) in [7, 11) is 1.65. The summed E-state index contributed by atoms with van der Waals surface area (Å²) in [4.78, 5) is 0. The van der Waals surface area contributed by atoms with Crippen molar-refractivity contribution in [3.8, 4) is 0 Å². The van der Waals surface area contributed by atoms with Crippen molar-refractivity contribution in [3.05, 3.63) is 11.6 Å².